The Kier molecular flexibility index (Phi) is 4.56. The third kappa shape index (κ3) is 3.14. The summed E-state index contributed by atoms with van der Waals surface area (Å²) in [5.74, 6) is 5.64. The highest BCUT2D eigenvalue weighted by atomic mass is 16.5. The van der Waals surface area contributed by atoms with Crippen LogP contribution in [0.1, 0.15) is 23.1 Å². The van der Waals surface area contributed by atoms with Crippen LogP contribution >= 0.6 is 0 Å². The first-order valence-corrected chi connectivity index (χ1v) is 6.01. The van der Waals surface area contributed by atoms with E-state index in [1.165, 1.54) is 0 Å². The van der Waals surface area contributed by atoms with Gasteiger partial charge < -0.3 is 4.74 Å². The summed E-state index contributed by atoms with van der Waals surface area (Å²) in [6, 6.07) is 1.66. The summed E-state index contributed by atoms with van der Waals surface area (Å²) in [6.45, 7) is 3.15. The number of hydrogen-bond donors (Lipinski definition) is 2. The van der Waals surface area contributed by atoms with Crippen molar-refractivity contribution < 1.29 is 4.74 Å². The van der Waals surface area contributed by atoms with E-state index in [0.717, 1.165) is 17.1 Å². The van der Waals surface area contributed by atoms with Gasteiger partial charge in [-0.25, -0.2) is 5.43 Å². The van der Waals surface area contributed by atoms with Crippen LogP contribution in [0.25, 0.3) is 0 Å². The van der Waals surface area contributed by atoms with Crippen molar-refractivity contribution in [2.45, 2.75) is 19.5 Å². The topological polar surface area (TPSA) is 90.9 Å². The number of aryl methyl sites for hydroxylation is 1. The fourth-order valence-corrected chi connectivity index (χ4v) is 1.83. The van der Waals surface area contributed by atoms with Gasteiger partial charge in [0.15, 0.2) is 0 Å². The predicted octanol–water partition coefficient (Wildman–Crippen LogP) is 0.181. The number of nitrogens with two attached hydrogens (primary N) is 1. The number of aromatic nitrogens is 4. The third-order valence-electron chi connectivity index (χ3n) is 2.82. The van der Waals surface area contributed by atoms with Gasteiger partial charge in [0.1, 0.15) is 6.04 Å². The second-order valence-corrected chi connectivity index (χ2v) is 4.15. The van der Waals surface area contributed by atoms with Crippen LogP contribution in [0.15, 0.2) is 24.7 Å². The molecule has 0 aromatic carbocycles. The molecule has 0 radical (unpaired) electrons. The van der Waals surface area contributed by atoms with Crippen LogP contribution in [0.4, 0.5) is 0 Å². The number of nitrogens with zero attached hydrogens (tertiary/aromatic N) is 4. The van der Waals surface area contributed by atoms with Crippen LogP contribution in [0.2, 0.25) is 0 Å². The predicted molar refractivity (Wildman–Crippen MR) is 70.0 cm³/mol. The largest absolute Gasteiger partial charge is 0.383 e. The molecule has 0 amide bonds. The summed E-state index contributed by atoms with van der Waals surface area (Å²) in [6.07, 6.45) is 5.17. The Morgan fingerprint density at radius 2 is 2.26 bits per heavy atom. The van der Waals surface area contributed by atoms with Crippen molar-refractivity contribution in [1.82, 2.24) is 25.2 Å². The summed E-state index contributed by atoms with van der Waals surface area (Å²) in [5.41, 5.74) is 5.31. The van der Waals surface area contributed by atoms with Crippen LogP contribution in [-0.4, -0.2) is 33.5 Å². The van der Waals surface area contributed by atoms with Crippen LogP contribution in [0.5, 0.6) is 0 Å². The van der Waals surface area contributed by atoms with Crippen molar-refractivity contribution in [1.29, 1.82) is 0 Å². The summed E-state index contributed by atoms with van der Waals surface area (Å²) < 4.78 is 6.91. The molecule has 0 aliphatic carbocycles. The van der Waals surface area contributed by atoms with E-state index in [-0.39, 0.29) is 6.04 Å². The monoisotopic (exact) mass is 262 g/mol. The highest BCUT2D eigenvalue weighted by Gasteiger charge is 2.18. The molecule has 0 fully saturated rings. The Hall–Kier alpha value is -1.83. The van der Waals surface area contributed by atoms with Crippen molar-refractivity contribution in [2.75, 3.05) is 13.7 Å². The van der Waals surface area contributed by atoms with E-state index in [1.54, 1.807) is 25.7 Å². The molecule has 0 aliphatic rings. The lowest BCUT2D eigenvalue weighted by Gasteiger charge is -2.17. The minimum atomic E-state index is -0.243. The fourth-order valence-electron chi connectivity index (χ4n) is 1.83. The van der Waals surface area contributed by atoms with Crippen molar-refractivity contribution in [2.24, 2.45) is 5.84 Å². The Balaban J connectivity index is 2.26. The van der Waals surface area contributed by atoms with Crippen LogP contribution in [0, 0.1) is 6.92 Å². The molecule has 1 unspecified atom stereocenters. The molecule has 2 heterocycles. The van der Waals surface area contributed by atoms with Crippen LogP contribution in [-0.2, 0) is 11.3 Å². The van der Waals surface area contributed by atoms with Gasteiger partial charge >= 0.3 is 0 Å². The minimum Gasteiger partial charge on any atom is -0.383 e. The Morgan fingerprint density at radius 1 is 1.42 bits per heavy atom. The van der Waals surface area contributed by atoms with Gasteiger partial charge in [-0.1, -0.05) is 0 Å². The second kappa shape index (κ2) is 6.37. The van der Waals surface area contributed by atoms with Crippen LogP contribution in [0.3, 0.4) is 0 Å². The Bertz CT molecular complexity index is 509. The van der Waals surface area contributed by atoms with Crippen LogP contribution < -0.4 is 11.3 Å². The second-order valence-electron chi connectivity index (χ2n) is 4.15. The molecule has 2 rings (SSSR count). The lowest BCUT2D eigenvalue weighted by molar-refractivity contribution is 0.182. The third-order valence-corrected chi connectivity index (χ3v) is 2.82. The van der Waals surface area contributed by atoms with Gasteiger partial charge in [-0.3, -0.25) is 20.5 Å². The van der Waals surface area contributed by atoms with Gasteiger partial charge in [0.05, 0.1) is 36.4 Å². The van der Waals surface area contributed by atoms with E-state index < -0.39 is 0 Å². The highest BCUT2D eigenvalue weighted by molar-refractivity contribution is 5.19. The van der Waals surface area contributed by atoms with Crippen molar-refractivity contribution >= 4 is 0 Å². The number of nitrogens with one attached hydrogen (secondary N) is 1. The van der Waals surface area contributed by atoms with Gasteiger partial charge in [-0.2, -0.15) is 5.10 Å². The molecule has 7 heteroatoms. The first-order valence-electron chi connectivity index (χ1n) is 6.01. The SMILES string of the molecule is COCCn1nccc1C(NN)c1cnc(C)cn1. The zero-order valence-electron chi connectivity index (χ0n) is 11.1. The molecular formula is C12H18N6O. The minimum absolute atomic E-state index is 0.243. The number of ether oxygens (including phenoxy) is 1. The number of hydrazine groups is 1. The molecule has 3 N–H and O–H groups in total. The van der Waals surface area contributed by atoms with E-state index in [4.69, 9.17) is 10.6 Å². The molecule has 0 aliphatic heterocycles. The van der Waals surface area contributed by atoms with Gasteiger partial charge in [0, 0.05) is 19.5 Å². The molecule has 2 aromatic heterocycles. The number of hydrogen-bond acceptors (Lipinski definition) is 6. The normalized spacial score (nSPS) is 12.6. The first kappa shape index (κ1) is 13.6. The van der Waals surface area contributed by atoms with Gasteiger partial charge in [0.25, 0.3) is 0 Å². The molecule has 7 nitrogen and oxygen atoms in total. The Labute approximate surface area is 111 Å². The molecule has 2 aromatic rings. The molecule has 0 saturated carbocycles. The van der Waals surface area contributed by atoms with Crippen molar-refractivity contribution in [3.8, 4) is 0 Å². The molecular weight excluding hydrogens is 244 g/mol. The smallest absolute Gasteiger partial charge is 0.106 e. The first-order chi connectivity index (χ1) is 9.26. The van der Waals surface area contributed by atoms with E-state index >= 15 is 0 Å². The average molecular weight is 262 g/mol. The van der Waals surface area contributed by atoms with E-state index in [0.29, 0.717) is 13.2 Å². The summed E-state index contributed by atoms with van der Waals surface area (Å²) in [4.78, 5) is 8.59. The standard InChI is InChI=1S/C12H18N6O/c1-9-7-15-10(8-14-9)12(17-13)11-3-4-16-18(11)5-6-19-2/h3-4,7-8,12,17H,5-6,13H2,1-2H3. The lowest BCUT2D eigenvalue weighted by atomic mass is 10.1. The van der Waals surface area contributed by atoms with E-state index in [2.05, 4.69) is 20.5 Å². The zero-order valence-corrected chi connectivity index (χ0v) is 11.1. The molecule has 0 bridgehead atoms. The number of rotatable bonds is 6. The van der Waals surface area contributed by atoms with Gasteiger partial charge in [0.2, 0.25) is 0 Å². The number of methoxy groups -OCH3 is 1. The molecule has 0 saturated heterocycles. The lowest BCUT2D eigenvalue weighted by Crippen LogP contribution is -2.31. The fraction of sp³-hybridized carbons (Fsp3) is 0.417. The maximum atomic E-state index is 5.64. The van der Waals surface area contributed by atoms with Gasteiger partial charge in [-0.15, -0.1) is 0 Å². The van der Waals surface area contributed by atoms with Gasteiger partial charge in [-0.05, 0) is 13.0 Å². The maximum absolute atomic E-state index is 5.64. The summed E-state index contributed by atoms with van der Waals surface area (Å²) in [7, 11) is 1.66. The van der Waals surface area contributed by atoms with E-state index in [1.807, 2.05) is 17.7 Å². The highest BCUT2D eigenvalue weighted by Crippen LogP contribution is 2.18. The van der Waals surface area contributed by atoms with Crippen molar-refractivity contribution in [3.05, 3.63) is 41.7 Å². The quantitative estimate of drug-likeness (QED) is 0.570. The summed E-state index contributed by atoms with van der Waals surface area (Å²) >= 11 is 0. The molecule has 102 valence electrons. The van der Waals surface area contributed by atoms with Crippen molar-refractivity contribution in [3.63, 3.8) is 0 Å². The molecule has 19 heavy (non-hydrogen) atoms. The average Bonchev–Trinajstić information content (AvgIpc) is 2.88. The zero-order chi connectivity index (χ0) is 13.7. The molecule has 1 atom stereocenters. The van der Waals surface area contributed by atoms with E-state index in [9.17, 15) is 0 Å². The molecule has 0 spiro atoms. The Morgan fingerprint density at radius 3 is 2.89 bits per heavy atom. The summed E-state index contributed by atoms with van der Waals surface area (Å²) in [5, 5.41) is 4.26. The maximum Gasteiger partial charge on any atom is 0.106 e.